The second-order valence-corrected chi connectivity index (χ2v) is 5.37. The zero-order valence-electron chi connectivity index (χ0n) is 11.9. The van der Waals surface area contributed by atoms with E-state index in [0.29, 0.717) is 6.61 Å². The molecular formula is C17H20N2O. The van der Waals surface area contributed by atoms with E-state index in [4.69, 9.17) is 10.5 Å². The lowest BCUT2D eigenvalue weighted by Crippen LogP contribution is -2.40. The maximum Gasteiger partial charge on any atom is 0.173 e. The molecule has 1 unspecified atom stereocenters. The van der Waals surface area contributed by atoms with Crippen molar-refractivity contribution in [2.75, 3.05) is 18.9 Å². The fourth-order valence-electron chi connectivity index (χ4n) is 2.94. The first kappa shape index (κ1) is 13.2. The number of nitrogens with one attached hydrogen (secondary N) is 1. The molecule has 104 valence electrons. The second-order valence-electron chi connectivity index (χ2n) is 5.37. The van der Waals surface area contributed by atoms with Crippen molar-refractivity contribution in [2.45, 2.75) is 19.6 Å². The van der Waals surface area contributed by atoms with Crippen LogP contribution >= 0.6 is 0 Å². The van der Waals surface area contributed by atoms with E-state index in [9.17, 15) is 0 Å². The third-order valence-electron chi connectivity index (χ3n) is 3.89. The van der Waals surface area contributed by atoms with Crippen LogP contribution in [-0.4, -0.2) is 13.2 Å². The van der Waals surface area contributed by atoms with Gasteiger partial charge in [0, 0.05) is 23.4 Å². The van der Waals surface area contributed by atoms with Crippen molar-refractivity contribution >= 4 is 5.69 Å². The Labute approximate surface area is 119 Å². The lowest BCUT2D eigenvalue weighted by molar-refractivity contribution is 0.0229. The highest BCUT2D eigenvalue weighted by Gasteiger charge is 2.40. The predicted molar refractivity (Wildman–Crippen MR) is 81.5 cm³/mol. The van der Waals surface area contributed by atoms with Crippen molar-refractivity contribution in [3.8, 4) is 0 Å². The van der Waals surface area contributed by atoms with E-state index < -0.39 is 5.72 Å². The average molecular weight is 268 g/mol. The molecule has 0 bridgehead atoms. The summed E-state index contributed by atoms with van der Waals surface area (Å²) < 4.78 is 6.11. The smallest absolute Gasteiger partial charge is 0.173 e. The number of anilines is 1. The highest BCUT2D eigenvalue weighted by atomic mass is 16.5. The number of rotatable bonds is 2. The molecule has 1 aliphatic heterocycles. The van der Waals surface area contributed by atoms with E-state index in [1.54, 1.807) is 0 Å². The summed E-state index contributed by atoms with van der Waals surface area (Å²) in [6.07, 6.45) is 0. The van der Waals surface area contributed by atoms with Gasteiger partial charge >= 0.3 is 0 Å². The fourth-order valence-corrected chi connectivity index (χ4v) is 2.94. The molecular weight excluding hydrogens is 248 g/mol. The van der Waals surface area contributed by atoms with Crippen molar-refractivity contribution in [2.24, 2.45) is 0 Å². The summed E-state index contributed by atoms with van der Waals surface area (Å²) in [5, 5.41) is 3.50. The SMILES string of the molecule is Cc1cc(C)c(N)c(C2(c3ccccc3)NCCO2)c1. The molecule has 2 aromatic carbocycles. The number of ether oxygens (including phenoxy) is 1. The minimum atomic E-state index is -0.623. The van der Waals surface area contributed by atoms with Crippen LogP contribution in [0, 0.1) is 13.8 Å². The largest absolute Gasteiger partial charge is 0.398 e. The number of aryl methyl sites for hydroxylation is 2. The summed E-state index contributed by atoms with van der Waals surface area (Å²) in [7, 11) is 0. The van der Waals surface area contributed by atoms with Crippen molar-refractivity contribution in [1.82, 2.24) is 5.32 Å². The summed E-state index contributed by atoms with van der Waals surface area (Å²) in [6, 6.07) is 14.4. The Kier molecular flexibility index (Phi) is 3.24. The van der Waals surface area contributed by atoms with Gasteiger partial charge in [-0.05, 0) is 25.5 Å². The first-order chi connectivity index (χ1) is 9.63. The molecule has 1 saturated heterocycles. The molecule has 0 amide bonds. The van der Waals surface area contributed by atoms with Gasteiger partial charge in [0.1, 0.15) is 0 Å². The number of nitrogens with two attached hydrogens (primary N) is 1. The zero-order chi connectivity index (χ0) is 14.2. The van der Waals surface area contributed by atoms with Crippen LogP contribution in [0.5, 0.6) is 0 Å². The molecule has 0 radical (unpaired) electrons. The summed E-state index contributed by atoms with van der Waals surface area (Å²) >= 11 is 0. The Balaban J connectivity index is 2.22. The van der Waals surface area contributed by atoms with E-state index >= 15 is 0 Å². The normalized spacial score (nSPS) is 22.1. The molecule has 2 aromatic rings. The lowest BCUT2D eigenvalue weighted by atomic mass is 9.90. The van der Waals surface area contributed by atoms with Crippen LogP contribution in [-0.2, 0) is 10.5 Å². The Morgan fingerprint density at radius 1 is 1.15 bits per heavy atom. The molecule has 0 aromatic heterocycles. The molecule has 0 aliphatic carbocycles. The monoisotopic (exact) mass is 268 g/mol. The maximum atomic E-state index is 6.33. The van der Waals surface area contributed by atoms with Crippen LogP contribution in [0.2, 0.25) is 0 Å². The number of nitrogen functional groups attached to an aromatic ring is 1. The molecule has 0 saturated carbocycles. The van der Waals surface area contributed by atoms with Crippen LogP contribution < -0.4 is 11.1 Å². The first-order valence-corrected chi connectivity index (χ1v) is 6.95. The minimum absolute atomic E-state index is 0.623. The molecule has 1 fully saturated rings. The number of hydrogen-bond acceptors (Lipinski definition) is 3. The van der Waals surface area contributed by atoms with Crippen LogP contribution in [0.25, 0.3) is 0 Å². The van der Waals surface area contributed by atoms with Crippen LogP contribution in [0.3, 0.4) is 0 Å². The number of benzene rings is 2. The summed E-state index contributed by atoms with van der Waals surface area (Å²) in [4.78, 5) is 0. The van der Waals surface area contributed by atoms with Crippen molar-refractivity contribution in [3.05, 3.63) is 64.7 Å². The van der Waals surface area contributed by atoms with Gasteiger partial charge in [0.25, 0.3) is 0 Å². The van der Waals surface area contributed by atoms with E-state index in [0.717, 1.165) is 28.9 Å². The van der Waals surface area contributed by atoms with Gasteiger partial charge in [-0.3, -0.25) is 5.32 Å². The van der Waals surface area contributed by atoms with Gasteiger partial charge in [-0.1, -0.05) is 42.0 Å². The average Bonchev–Trinajstić information content (AvgIpc) is 2.94. The molecule has 1 atom stereocenters. The van der Waals surface area contributed by atoms with Crippen molar-refractivity contribution in [3.63, 3.8) is 0 Å². The third kappa shape index (κ3) is 1.99. The molecule has 1 aliphatic rings. The molecule has 3 N–H and O–H groups in total. The standard InChI is InChI=1S/C17H20N2O/c1-12-10-13(2)16(18)15(11-12)17(19-8-9-20-17)14-6-4-3-5-7-14/h3-7,10-11,19H,8-9,18H2,1-2H3. The minimum Gasteiger partial charge on any atom is -0.398 e. The lowest BCUT2D eigenvalue weighted by Gasteiger charge is -2.31. The van der Waals surface area contributed by atoms with Gasteiger partial charge in [0.2, 0.25) is 0 Å². The summed E-state index contributed by atoms with van der Waals surface area (Å²) in [5.74, 6) is 0. The van der Waals surface area contributed by atoms with Gasteiger partial charge in [-0.25, -0.2) is 0 Å². The zero-order valence-corrected chi connectivity index (χ0v) is 11.9. The highest BCUT2D eigenvalue weighted by Crippen LogP contribution is 2.38. The van der Waals surface area contributed by atoms with Crippen molar-refractivity contribution in [1.29, 1.82) is 0 Å². The van der Waals surface area contributed by atoms with E-state index in [2.05, 4.69) is 36.5 Å². The maximum absolute atomic E-state index is 6.33. The van der Waals surface area contributed by atoms with Crippen LogP contribution in [0.1, 0.15) is 22.3 Å². The van der Waals surface area contributed by atoms with Gasteiger partial charge in [0.15, 0.2) is 5.72 Å². The first-order valence-electron chi connectivity index (χ1n) is 6.95. The van der Waals surface area contributed by atoms with Crippen LogP contribution in [0.15, 0.2) is 42.5 Å². The molecule has 20 heavy (non-hydrogen) atoms. The highest BCUT2D eigenvalue weighted by molar-refractivity contribution is 5.60. The molecule has 3 heteroatoms. The Hall–Kier alpha value is -1.84. The van der Waals surface area contributed by atoms with Gasteiger partial charge in [-0.15, -0.1) is 0 Å². The number of hydrogen-bond donors (Lipinski definition) is 2. The summed E-state index contributed by atoms with van der Waals surface area (Å²) in [5.41, 5.74) is 10.9. The van der Waals surface area contributed by atoms with Gasteiger partial charge in [-0.2, -0.15) is 0 Å². The third-order valence-corrected chi connectivity index (χ3v) is 3.89. The van der Waals surface area contributed by atoms with Crippen molar-refractivity contribution < 1.29 is 4.74 Å². The van der Waals surface area contributed by atoms with E-state index in [1.807, 2.05) is 25.1 Å². The molecule has 3 nitrogen and oxygen atoms in total. The van der Waals surface area contributed by atoms with Gasteiger partial charge in [0.05, 0.1) is 6.61 Å². The fraction of sp³-hybridized carbons (Fsp3) is 0.294. The predicted octanol–water partition coefficient (Wildman–Crippen LogP) is 2.71. The van der Waals surface area contributed by atoms with E-state index in [1.165, 1.54) is 5.56 Å². The Morgan fingerprint density at radius 2 is 1.90 bits per heavy atom. The Morgan fingerprint density at radius 3 is 2.55 bits per heavy atom. The molecule has 1 heterocycles. The van der Waals surface area contributed by atoms with Gasteiger partial charge < -0.3 is 10.5 Å². The quantitative estimate of drug-likeness (QED) is 0.823. The van der Waals surface area contributed by atoms with Crippen LogP contribution in [0.4, 0.5) is 5.69 Å². The summed E-state index contributed by atoms with van der Waals surface area (Å²) in [6.45, 7) is 5.63. The molecule has 3 rings (SSSR count). The topological polar surface area (TPSA) is 47.3 Å². The van der Waals surface area contributed by atoms with E-state index in [-0.39, 0.29) is 0 Å². The molecule has 0 spiro atoms. The Bertz CT molecular complexity index is 616. The second kappa shape index (κ2) is 4.93.